The summed E-state index contributed by atoms with van der Waals surface area (Å²) < 4.78 is 0. The van der Waals surface area contributed by atoms with Gasteiger partial charge in [-0.3, -0.25) is 0 Å². The van der Waals surface area contributed by atoms with Crippen LogP contribution in [0.1, 0.15) is 16.2 Å². The summed E-state index contributed by atoms with van der Waals surface area (Å²) in [5.74, 6) is -1.06. The molecule has 86 valence electrons. The molecule has 0 amide bonds. The third-order valence-corrected chi connectivity index (χ3v) is 2.11. The lowest BCUT2D eigenvalue weighted by Crippen LogP contribution is -2.08. The fourth-order valence-electron chi connectivity index (χ4n) is 1.33. The van der Waals surface area contributed by atoms with Crippen LogP contribution in [0, 0.1) is 0 Å². The Morgan fingerprint density at radius 1 is 1.29 bits per heavy atom. The van der Waals surface area contributed by atoms with Gasteiger partial charge in [-0.15, -0.1) is 0 Å². The SMILES string of the molecule is O=C(O)c1ncccc1NCc1ccncn1. The molecule has 2 N–H and O–H groups in total. The zero-order valence-corrected chi connectivity index (χ0v) is 8.87. The molecule has 0 unspecified atom stereocenters. The van der Waals surface area contributed by atoms with E-state index in [9.17, 15) is 4.79 Å². The molecule has 0 radical (unpaired) electrons. The van der Waals surface area contributed by atoms with Gasteiger partial charge >= 0.3 is 5.97 Å². The monoisotopic (exact) mass is 230 g/mol. The Bertz CT molecular complexity index is 516. The van der Waals surface area contributed by atoms with E-state index in [2.05, 4.69) is 20.3 Å². The number of nitrogens with zero attached hydrogens (tertiary/aromatic N) is 3. The third kappa shape index (κ3) is 2.75. The van der Waals surface area contributed by atoms with E-state index >= 15 is 0 Å². The standard InChI is InChI=1S/C11H10N4O2/c16-11(17)10-9(2-1-4-13-10)14-6-8-3-5-12-7-15-8/h1-5,7,14H,6H2,(H,16,17). The van der Waals surface area contributed by atoms with E-state index in [1.165, 1.54) is 12.5 Å². The number of hydrogen-bond donors (Lipinski definition) is 2. The summed E-state index contributed by atoms with van der Waals surface area (Å²) in [5, 5.41) is 11.9. The lowest BCUT2D eigenvalue weighted by molar-refractivity contribution is 0.0691. The van der Waals surface area contributed by atoms with Crippen LogP contribution in [0.25, 0.3) is 0 Å². The van der Waals surface area contributed by atoms with Gasteiger partial charge in [0.15, 0.2) is 5.69 Å². The molecule has 0 bridgehead atoms. The molecule has 0 aromatic carbocycles. The Hall–Kier alpha value is -2.50. The normalized spacial score (nSPS) is 9.88. The zero-order chi connectivity index (χ0) is 12.1. The summed E-state index contributed by atoms with van der Waals surface area (Å²) in [4.78, 5) is 22.5. The van der Waals surface area contributed by atoms with Gasteiger partial charge in [0.05, 0.1) is 17.9 Å². The number of carboxylic acid groups (broad SMARTS) is 1. The van der Waals surface area contributed by atoms with Gasteiger partial charge in [-0.2, -0.15) is 0 Å². The predicted molar refractivity (Wildman–Crippen MR) is 60.6 cm³/mol. The summed E-state index contributed by atoms with van der Waals surface area (Å²) in [7, 11) is 0. The molecule has 0 saturated carbocycles. The Balaban J connectivity index is 2.12. The van der Waals surface area contributed by atoms with Crippen LogP contribution in [0.4, 0.5) is 5.69 Å². The number of aromatic nitrogens is 3. The summed E-state index contributed by atoms with van der Waals surface area (Å²) in [6.45, 7) is 0.425. The maximum atomic E-state index is 10.9. The lowest BCUT2D eigenvalue weighted by atomic mass is 10.3. The van der Waals surface area contributed by atoms with E-state index in [-0.39, 0.29) is 5.69 Å². The Morgan fingerprint density at radius 2 is 2.18 bits per heavy atom. The smallest absolute Gasteiger partial charge is 0.356 e. The highest BCUT2D eigenvalue weighted by atomic mass is 16.4. The van der Waals surface area contributed by atoms with Crippen molar-refractivity contribution < 1.29 is 9.90 Å². The second-order valence-corrected chi connectivity index (χ2v) is 3.26. The number of pyridine rings is 1. The highest BCUT2D eigenvalue weighted by Gasteiger charge is 2.10. The number of aromatic carboxylic acids is 1. The third-order valence-electron chi connectivity index (χ3n) is 2.11. The van der Waals surface area contributed by atoms with Crippen LogP contribution in [0.2, 0.25) is 0 Å². The molecule has 0 spiro atoms. The molecular weight excluding hydrogens is 220 g/mol. The maximum absolute atomic E-state index is 10.9. The van der Waals surface area contributed by atoms with Crippen LogP contribution in [0.3, 0.4) is 0 Å². The minimum Gasteiger partial charge on any atom is -0.476 e. The second kappa shape index (κ2) is 5.02. The molecule has 0 aliphatic carbocycles. The number of carbonyl (C=O) groups is 1. The molecule has 17 heavy (non-hydrogen) atoms. The fourth-order valence-corrected chi connectivity index (χ4v) is 1.33. The number of nitrogens with one attached hydrogen (secondary N) is 1. The van der Waals surface area contributed by atoms with E-state index in [1.807, 2.05) is 0 Å². The van der Waals surface area contributed by atoms with Gasteiger partial charge in [0.1, 0.15) is 6.33 Å². The van der Waals surface area contributed by atoms with E-state index in [1.54, 1.807) is 24.4 Å². The van der Waals surface area contributed by atoms with Crippen LogP contribution >= 0.6 is 0 Å². The van der Waals surface area contributed by atoms with Crippen molar-refractivity contribution in [1.82, 2.24) is 15.0 Å². The van der Waals surface area contributed by atoms with Crippen molar-refractivity contribution >= 4 is 11.7 Å². The number of hydrogen-bond acceptors (Lipinski definition) is 5. The van der Waals surface area contributed by atoms with Crippen molar-refractivity contribution in [2.45, 2.75) is 6.54 Å². The highest BCUT2D eigenvalue weighted by Crippen LogP contribution is 2.12. The largest absolute Gasteiger partial charge is 0.476 e. The first kappa shape index (κ1) is 11.0. The van der Waals surface area contributed by atoms with Crippen LogP contribution in [0.15, 0.2) is 36.9 Å². The highest BCUT2D eigenvalue weighted by molar-refractivity contribution is 5.91. The number of anilines is 1. The van der Waals surface area contributed by atoms with Crippen LogP contribution < -0.4 is 5.32 Å². The molecule has 0 saturated heterocycles. The van der Waals surface area contributed by atoms with E-state index in [0.717, 1.165) is 5.69 Å². The molecule has 0 aliphatic heterocycles. The van der Waals surface area contributed by atoms with Gasteiger partial charge in [0.25, 0.3) is 0 Å². The van der Waals surface area contributed by atoms with Gasteiger partial charge in [-0.1, -0.05) is 0 Å². The van der Waals surface area contributed by atoms with Gasteiger partial charge in [-0.05, 0) is 18.2 Å². The molecule has 2 aromatic heterocycles. The topological polar surface area (TPSA) is 88.0 Å². The minimum absolute atomic E-state index is 0.00144. The zero-order valence-electron chi connectivity index (χ0n) is 8.87. The molecule has 0 aliphatic rings. The summed E-state index contributed by atoms with van der Waals surface area (Å²) in [5.41, 5.74) is 1.25. The van der Waals surface area contributed by atoms with Crippen molar-refractivity contribution in [3.63, 3.8) is 0 Å². The maximum Gasteiger partial charge on any atom is 0.356 e. The van der Waals surface area contributed by atoms with Crippen molar-refractivity contribution in [1.29, 1.82) is 0 Å². The Kier molecular flexibility index (Phi) is 3.25. The van der Waals surface area contributed by atoms with Crippen molar-refractivity contribution in [3.05, 3.63) is 48.3 Å². The first-order valence-electron chi connectivity index (χ1n) is 4.94. The quantitative estimate of drug-likeness (QED) is 0.820. The first-order valence-corrected chi connectivity index (χ1v) is 4.94. The predicted octanol–water partition coefficient (Wildman–Crippen LogP) is 1.18. The molecule has 0 fully saturated rings. The molecule has 2 rings (SSSR count). The van der Waals surface area contributed by atoms with Crippen LogP contribution in [-0.2, 0) is 6.54 Å². The molecular formula is C11H10N4O2. The van der Waals surface area contributed by atoms with Crippen LogP contribution in [0.5, 0.6) is 0 Å². The molecule has 6 heteroatoms. The van der Waals surface area contributed by atoms with Crippen molar-refractivity contribution in [2.24, 2.45) is 0 Å². The average molecular weight is 230 g/mol. The van der Waals surface area contributed by atoms with Crippen LogP contribution in [-0.4, -0.2) is 26.0 Å². The molecule has 2 aromatic rings. The van der Waals surface area contributed by atoms with E-state index in [0.29, 0.717) is 12.2 Å². The lowest BCUT2D eigenvalue weighted by Gasteiger charge is -2.07. The molecule has 2 heterocycles. The van der Waals surface area contributed by atoms with E-state index < -0.39 is 5.97 Å². The number of rotatable bonds is 4. The Morgan fingerprint density at radius 3 is 2.88 bits per heavy atom. The average Bonchev–Trinajstić information content (AvgIpc) is 2.38. The fraction of sp³-hybridized carbons (Fsp3) is 0.0909. The summed E-state index contributed by atoms with van der Waals surface area (Å²) in [6, 6.07) is 5.09. The van der Waals surface area contributed by atoms with E-state index in [4.69, 9.17) is 5.11 Å². The minimum atomic E-state index is -1.06. The van der Waals surface area contributed by atoms with Gasteiger partial charge in [0.2, 0.25) is 0 Å². The molecule has 0 atom stereocenters. The van der Waals surface area contributed by atoms with Gasteiger partial charge < -0.3 is 10.4 Å². The van der Waals surface area contributed by atoms with Crippen molar-refractivity contribution in [3.8, 4) is 0 Å². The first-order chi connectivity index (χ1) is 8.27. The Labute approximate surface area is 97.4 Å². The van der Waals surface area contributed by atoms with Gasteiger partial charge in [0, 0.05) is 12.4 Å². The van der Waals surface area contributed by atoms with Crippen molar-refractivity contribution in [2.75, 3.05) is 5.32 Å². The summed E-state index contributed by atoms with van der Waals surface area (Å²) in [6.07, 6.45) is 4.52. The summed E-state index contributed by atoms with van der Waals surface area (Å²) >= 11 is 0. The molecule has 6 nitrogen and oxygen atoms in total. The second-order valence-electron chi connectivity index (χ2n) is 3.26. The number of carboxylic acids is 1. The van der Waals surface area contributed by atoms with Gasteiger partial charge in [-0.25, -0.2) is 19.7 Å².